The van der Waals surface area contributed by atoms with Crippen LogP contribution in [0.4, 0.5) is 4.39 Å². The van der Waals surface area contributed by atoms with Gasteiger partial charge in [-0.25, -0.2) is 4.39 Å². The van der Waals surface area contributed by atoms with E-state index in [4.69, 9.17) is 21.9 Å². The SMILES string of the molecule is [N-]=[N+]=NCC1Cc2cccc(-c3ccc(F)c(Cl)c3)c2O1. The van der Waals surface area contributed by atoms with Crippen LogP contribution in [0.5, 0.6) is 5.75 Å². The Bertz CT molecular complexity index is 744. The van der Waals surface area contributed by atoms with Gasteiger partial charge in [0, 0.05) is 16.9 Å². The van der Waals surface area contributed by atoms with Crippen LogP contribution in [0.25, 0.3) is 21.6 Å². The van der Waals surface area contributed by atoms with Crippen molar-refractivity contribution in [3.05, 3.63) is 63.2 Å². The zero-order valence-electron chi connectivity index (χ0n) is 11.0. The predicted molar refractivity (Wildman–Crippen MR) is 79.0 cm³/mol. The first-order valence-corrected chi connectivity index (χ1v) is 6.81. The molecular formula is C15H11ClFN3O. The van der Waals surface area contributed by atoms with E-state index in [1.165, 1.54) is 6.07 Å². The smallest absolute Gasteiger partial charge is 0.141 e. The molecule has 1 atom stereocenters. The maximum atomic E-state index is 13.3. The summed E-state index contributed by atoms with van der Waals surface area (Å²) in [6, 6.07) is 10.4. The van der Waals surface area contributed by atoms with E-state index in [9.17, 15) is 4.39 Å². The summed E-state index contributed by atoms with van der Waals surface area (Å²) in [6.45, 7) is 0.287. The van der Waals surface area contributed by atoms with E-state index in [-0.39, 0.29) is 17.7 Å². The first-order valence-electron chi connectivity index (χ1n) is 6.44. The van der Waals surface area contributed by atoms with Crippen molar-refractivity contribution in [1.29, 1.82) is 0 Å². The van der Waals surface area contributed by atoms with Crippen molar-refractivity contribution in [3.63, 3.8) is 0 Å². The first-order chi connectivity index (χ1) is 10.2. The van der Waals surface area contributed by atoms with Gasteiger partial charge in [-0.2, -0.15) is 0 Å². The lowest BCUT2D eigenvalue weighted by Crippen LogP contribution is -2.16. The molecule has 3 rings (SSSR count). The van der Waals surface area contributed by atoms with Crippen LogP contribution in [0.15, 0.2) is 41.5 Å². The number of para-hydroxylation sites is 1. The maximum Gasteiger partial charge on any atom is 0.141 e. The normalized spacial score (nSPS) is 16.0. The Morgan fingerprint density at radius 3 is 3.00 bits per heavy atom. The number of hydrogen-bond acceptors (Lipinski definition) is 2. The van der Waals surface area contributed by atoms with Crippen LogP contribution in [0.1, 0.15) is 5.56 Å². The summed E-state index contributed by atoms with van der Waals surface area (Å²) in [5.41, 5.74) is 11.1. The number of rotatable bonds is 3. The van der Waals surface area contributed by atoms with E-state index < -0.39 is 5.82 Å². The molecule has 0 amide bonds. The van der Waals surface area contributed by atoms with E-state index in [0.717, 1.165) is 22.4 Å². The monoisotopic (exact) mass is 303 g/mol. The van der Waals surface area contributed by atoms with Crippen LogP contribution in [-0.2, 0) is 6.42 Å². The topological polar surface area (TPSA) is 58.0 Å². The van der Waals surface area contributed by atoms with Gasteiger partial charge in [0.25, 0.3) is 0 Å². The van der Waals surface area contributed by atoms with Crippen LogP contribution in [0.2, 0.25) is 5.02 Å². The molecule has 4 nitrogen and oxygen atoms in total. The van der Waals surface area contributed by atoms with E-state index in [1.807, 2.05) is 18.2 Å². The fourth-order valence-corrected chi connectivity index (χ4v) is 2.64. The number of nitrogens with zero attached hydrogens (tertiary/aromatic N) is 3. The molecule has 0 N–H and O–H groups in total. The second-order valence-electron chi connectivity index (χ2n) is 4.78. The highest BCUT2D eigenvalue weighted by Gasteiger charge is 2.25. The molecular weight excluding hydrogens is 293 g/mol. The minimum atomic E-state index is -0.449. The number of benzene rings is 2. The summed E-state index contributed by atoms with van der Waals surface area (Å²) in [4.78, 5) is 2.75. The van der Waals surface area contributed by atoms with Crippen LogP contribution < -0.4 is 4.74 Å². The second-order valence-corrected chi connectivity index (χ2v) is 5.19. The Labute approximate surface area is 125 Å². The molecule has 0 aliphatic carbocycles. The summed E-state index contributed by atoms with van der Waals surface area (Å²) in [5.74, 6) is 0.300. The lowest BCUT2D eigenvalue weighted by Gasteiger charge is -2.11. The highest BCUT2D eigenvalue weighted by Crippen LogP contribution is 2.39. The zero-order valence-corrected chi connectivity index (χ0v) is 11.7. The highest BCUT2D eigenvalue weighted by molar-refractivity contribution is 6.31. The average molecular weight is 304 g/mol. The molecule has 0 saturated heterocycles. The number of fused-ring (bicyclic) bond motifs is 1. The molecule has 0 fully saturated rings. The molecule has 0 radical (unpaired) electrons. The molecule has 6 heteroatoms. The minimum absolute atomic E-state index is 0.0775. The molecule has 0 aromatic heterocycles. The van der Waals surface area contributed by atoms with Gasteiger partial charge in [0.05, 0.1) is 11.6 Å². The van der Waals surface area contributed by atoms with E-state index in [0.29, 0.717) is 6.42 Å². The summed E-state index contributed by atoms with van der Waals surface area (Å²) in [7, 11) is 0. The second kappa shape index (κ2) is 5.64. The third-order valence-electron chi connectivity index (χ3n) is 3.41. The summed E-state index contributed by atoms with van der Waals surface area (Å²) < 4.78 is 19.1. The molecule has 2 aromatic carbocycles. The summed E-state index contributed by atoms with van der Waals surface area (Å²) in [6.07, 6.45) is 0.532. The van der Waals surface area contributed by atoms with Crippen molar-refractivity contribution in [2.45, 2.75) is 12.5 Å². The molecule has 21 heavy (non-hydrogen) atoms. The van der Waals surface area contributed by atoms with Crippen LogP contribution in [-0.4, -0.2) is 12.6 Å². The van der Waals surface area contributed by atoms with E-state index >= 15 is 0 Å². The molecule has 1 unspecified atom stereocenters. The minimum Gasteiger partial charge on any atom is -0.489 e. The summed E-state index contributed by atoms with van der Waals surface area (Å²) >= 11 is 5.84. The Balaban J connectivity index is 1.98. The van der Waals surface area contributed by atoms with Gasteiger partial charge in [-0.05, 0) is 28.8 Å². The highest BCUT2D eigenvalue weighted by atomic mass is 35.5. The lowest BCUT2D eigenvalue weighted by molar-refractivity contribution is 0.242. The Kier molecular flexibility index (Phi) is 3.69. The quantitative estimate of drug-likeness (QED) is 0.458. The fraction of sp³-hybridized carbons (Fsp3) is 0.200. The van der Waals surface area contributed by atoms with Gasteiger partial charge >= 0.3 is 0 Å². The average Bonchev–Trinajstić information content (AvgIpc) is 2.90. The van der Waals surface area contributed by atoms with Crippen molar-refractivity contribution >= 4 is 11.6 Å². The molecule has 1 aliphatic heterocycles. The van der Waals surface area contributed by atoms with Gasteiger partial charge < -0.3 is 4.74 Å². The van der Waals surface area contributed by atoms with Gasteiger partial charge in [0.1, 0.15) is 17.7 Å². The standard InChI is InChI=1S/C15H11ClFN3O/c16-13-7-9(4-5-14(13)17)12-3-1-2-10-6-11(8-19-20-18)21-15(10)12/h1-5,7,11H,6,8H2. The molecule has 0 spiro atoms. The third kappa shape index (κ3) is 2.66. The number of ether oxygens (including phenoxy) is 1. The molecule has 1 aliphatic rings. The van der Waals surface area contributed by atoms with Crippen molar-refractivity contribution in [2.24, 2.45) is 5.11 Å². The molecule has 0 saturated carbocycles. The van der Waals surface area contributed by atoms with E-state index in [2.05, 4.69) is 10.0 Å². The maximum absolute atomic E-state index is 13.3. The van der Waals surface area contributed by atoms with Crippen LogP contribution >= 0.6 is 11.6 Å². The van der Waals surface area contributed by atoms with Crippen LogP contribution in [0, 0.1) is 5.82 Å². The Hall–Kier alpha value is -2.23. The molecule has 2 aromatic rings. The van der Waals surface area contributed by atoms with Gasteiger partial charge in [0.15, 0.2) is 0 Å². The van der Waals surface area contributed by atoms with Gasteiger partial charge in [-0.1, -0.05) is 41.0 Å². The van der Waals surface area contributed by atoms with Crippen molar-refractivity contribution < 1.29 is 9.13 Å². The Morgan fingerprint density at radius 1 is 1.38 bits per heavy atom. The number of azide groups is 1. The predicted octanol–water partition coefficient (Wildman–Crippen LogP) is 4.76. The van der Waals surface area contributed by atoms with Gasteiger partial charge in [-0.3, -0.25) is 0 Å². The third-order valence-corrected chi connectivity index (χ3v) is 3.70. The van der Waals surface area contributed by atoms with Gasteiger partial charge in [-0.15, -0.1) is 0 Å². The van der Waals surface area contributed by atoms with Crippen molar-refractivity contribution in [1.82, 2.24) is 0 Å². The fourth-order valence-electron chi connectivity index (χ4n) is 2.46. The number of halogens is 2. The van der Waals surface area contributed by atoms with E-state index in [1.54, 1.807) is 12.1 Å². The Morgan fingerprint density at radius 2 is 2.24 bits per heavy atom. The molecule has 1 heterocycles. The molecule has 0 bridgehead atoms. The lowest BCUT2D eigenvalue weighted by atomic mass is 10.0. The van der Waals surface area contributed by atoms with Crippen LogP contribution in [0.3, 0.4) is 0 Å². The largest absolute Gasteiger partial charge is 0.489 e. The number of hydrogen-bond donors (Lipinski definition) is 0. The first kappa shape index (κ1) is 13.7. The van der Waals surface area contributed by atoms with Crippen molar-refractivity contribution in [2.75, 3.05) is 6.54 Å². The zero-order chi connectivity index (χ0) is 14.8. The van der Waals surface area contributed by atoms with Gasteiger partial charge in [0.2, 0.25) is 0 Å². The molecule has 106 valence electrons. The summed E-state index contributed by atoms with van der Waals surface area (Å²) in [5, 5.41) is 3.63. The van der Waals surface area contributed by atoms with Crippen molar-refractivity contribution in [3.8, 4) is 16.9 Å².